The summed E-state index contributed by atoms with van der Waals surface area (Å²) in [7, 11) is 0. The quantitative estimate of drug-likeness (QED) is 0.856. The van der Waals surface area contributed by atoms with Gasteiger partial charge in [-0.2, -0.15) is 0 Å². The Morgan fingerprint density at radius 3 is 2.32 bits per heavy atom. The molecule has 0 saturated carbocycles. The fourth-order valence-electron chi connectivity index (χ4n) is 2.47. The highest BCUT2D eigenvalue weighted by molar-refractivity contribution is 5.82. The molecule has 0 bridgehead atoms. The van der Waals surface area contributed by atoms with E-state index in [9.17, 15) is 9.59 Å². The number of hydrogen-bond donors (Lipinski definition) is 2. The van der Waals surface area contributed by atoms with Crippen molar-refractivity contribution in [1.82, 2.24) is 10.6 Å². The van der Waals surface area contributed by atoms with Gasteiger partial charge in [-0.15, -0.1) is 0 Å². The average Bonchev–Trinajstić information content (AvgIpc) is 2.53. The summed E-state index contributed by atoms with van der Waals surface area (Å²) >= 11 is 0. The molecule has 1 aromatic rings. The fourth-order valence-corrected chi connectivity index (χ4v) is 2.47. The van der Waals surface area contributed by atoms with Gasteiger partial charge < -0.3 is 20.1 Å². The molecule has 6 heteroatoms. The highest BCUT2D eigenvalue weighted by Gasteiger charge is 2.25. The van der Waals surface area contributed by atoms with Crippen LogP contribution in [-0.4, -0.2) is 31.6 Å². The normalized spacial score (nSPS) is 14.0. The first kappa shape index (κ1) is 19.1. The number of amides is 2. The molecule has 0 saturated heterocycles. The molecular weight excluding hydrogens is 320 g/mol. The Hall–Kier alpha value is -2.24. The molecule has 1 aliphatic rings. The van der Waals surface area contributed by atoms with Crippen LogP contribution >= 0.6 is 0 Å². The lowest BCUT2D eigenvalue weighted by Gasteiger charge is -2.29. The predicted molar refractivity (Wildman–Crippen MR) is 95.7 cm³/mol. The molecule has 2 N–H and O–H groups in total. The second-order valence-corrected chi connectivity index (χ2v) is 7.79. The minimum atomic E-state index is -0.555. The molecule has 0 radical (unpaired) electrons. The smallest absolute Gasteiger partial charge is 0.225 e. The molecule has 0 spiro atoms. The number of fused-ring (bicyclic) bond motifs is 1. The summed E-state index contributed by atoms with van der Waals surface area (Å²) in [6, 6.07) is 5.69. The molecule has 1 aliphatic heterocycles. The first-order chi connectivity index (χ1) is 11.6. The van der Waals surface area contributed by atoms with E-state index in [0.717, 1.165) is 11.3 Å². The zero-order valence-corrected chi connectivity index (χ0v) is 15.7. The van der Waals surface area contributed by atoms with Crippen LogP contribution in [0.25, 0.3) is 0 Å². The number of carbonyl (C=O) groups is 2. The van der Waals surface area contributed by atoms with Crippen molar-refractivity contribution in [2.75, 3.05) is 19.8 Å². The van der Waals surface area contributed by atoms with E-state index in [4.69, 9.17) is 9.47 Å². The van der Waals surface area contributed by atoms with Gasteiger partial charge in [-0.05, 0) is 31.5 Å². The van der Waals surface area contributed by atoms with Crippen molar-refractivity contribution in [2.24, 2.45) is 5.41 Å². The summed E-state index contributed by atoms with van der Waals surface area (Å²) in [5.74, 6) is 1.24. The molecule has 1 heterocycles. The number of hydrogen-bond acceptors (Lipinski definition) is 4. The van der Waals surface area contributed by atoms with Gasteiger partial charge in [-0.25, -0.2) is 0 Å². The number of nitrogens with one attached hydrogen (secondary N) is 2. The molecule has 0 aromatic heterocycles. The predicted octanol–water partition coefficient (Wildman–Crippen LogP) is 2.36. The van der Waals surface area contributed by atoms with Crippen molar-refractivity contribution < 1.29 is 19.1 Å². The topological polar surface area (TPSA) is 76.7 Å². The Labute approximate surface area is 149 Å². The molecule has 25 heavy (non-hydrogen) atoms. The van der Waals surface area contributed by atoms with Gasteiger partial charge in [0.15, 0.2) is 11.5 Å². The molecular formula is C19H28N2O4. The molecule has 138 valence electrons. The maximum Gasteiger partial charge on any atom is 0.225 e. The Morgan fingerprint density at radius 2 is 1.68 bits per heavy atom. The Kier molecular flexibility index (Phi) is 5.60. The van der Waals surface area contributed by atoms with Crippen LogP contribution in [0.2, 0.25) is 0 Å². The summed E-state index contributed by atoms with van der Waals surface area (Å²) in [6.45, 7) is 10.8. The van der Waals surface area contributed by atoms with Gasteiger partial charge in [-0.3, -0.25) is 9.59 Å². The Balaban J connectivity index is 1.92. The number of carbonyl (C=O) groups excluding carboxylic acids is 2. The molecule has 0 fully saturated rings. The highest BCUT2D eigenvalue weighted by Crippen LogP contribution is 2.34. The Morgan fingerprint density at radius 1 is 1.04 bits per heavy atom. The zero-order chi connectivity index (χ0) is 18.7. The summed E-state index contributed by atoms with van der Waals surface area (Å²) in [4.78, 5) is 24.1. The van der Waals surface area contributed by atoms with Crippen LogP contribution < -0.4 is 20.1 Å². The molecule has 0 unspecified atom stereocenters. The van der Waals surface area contributed by atoms with Crippen LogP contribution in [0.4, 0.5) is 0 Å². The first-order valence-electron chi connectivity index (χ1n) is 8.59. The third kappa shape index (κ3) is 5.11. The number of benzene rings is 1. The van der Waals surface area contributed by atoms with Crippen LogP contribution in [0.15, 0.2) is 18.2 Å². The molecule has 0 atom stereocenters. The SMILES string of the molecule is CC(C)(C)C(=O)NCCC(=O)NC(C)(C)c1ccc2c(c1)OCCO2. The zero-order valence-electron chi connectivity index (χ0n) is 15.7. The van der Waals surface area contributed by atoms with Crippen LogP contribution in [0, 0.1) is 5.41 Å². The summed E-state index contributed by atoms with van der Waals surface area (Å²) in [5, 5.41) is 5.79. The first-order valence-corrected chi connectivity index (χ1v) is 8.59. The van der Waals surface area contributed by atoms with E-state index in [1.165, 1.54) is 0 Å². The lowest BCUT2D eigenvalue weighted by molar-refractivity contribution is -0.128. The number of ether oxygens (including phenoxy) is 2. The third-order valence-electron chi connectivity index (χ3n) is 4.03. The van der Waals surface area contributed by atoms with E-state index in [1.54, 1.807) is 0 Å². The largest absolute Gasteiger partial charge is 0.486 e. The molecule has 2 rings (SSSR count). The second kappa shape index (κ2) is 7.33. The van der Waals surface area contributed by atoms with Crippen molar-refractivity contribution >= 4 is 11.8 Å². The van der Waals surface area contributed by atoms with Crippen LogP contribution in [0.1, 0.15) is 46.6 Å². The second-order valence-electron chi connectivity index (χ2n) is 7.79. The molecule has 0 aliphatic carbocycles. The fraction of sp³-hybridized carbons (Fsp3) is 0.579. The monoisotopic (exact) mass is 348 g/mol. The summed E-state index contributed by atoms with van der Waals surface area (Å²) < 4.78 is 11.1. The van der Waals surface area contributed by atoms with Crippen molar-refractivity contribution in [3.8, 4) is 11.5 Å². The molecule has 2 amide bonds. The lowest BCUT2D eigenvalue weighted by atomic mass is 9.93. The maximum atomic E-state index is 12.2. The van der Waals surface area contributed by atoms with E-state index >= 15 is 0 Å². The minimum Gasteiger partial charge on any atom is -0.486 e. The molecule has 6 nitrogen and oxygen atoms in total. The van der Waals surface area contributed by atoms with Gasteiger partial charge in [-0.1, -0.05) is 26.8 Å². The van der Waals surface area contributed by atoms with E-state index in [0.29, 0.717) is 25.5 Å². The van der Waals surface area contributed by atoms with Crippen molar-refractivity contribution in [3.05, 3.63) is 23.8 Å². The van der Waals surface area contributed by atoms with Crippen molar-refractivity contribution in [3.63, 3.8) is 0 Å². The summed E-state index contributed by atoms with van der Waals surface area (Å²) in [5.41, 5.74) is -0.0779. The van der Waals surface area contributed by atoms with E-state index in [1.807, 2.05) is 52.8 Å². The summed E-state index contributed by atoms with van der Waals surface area (Å²) in [6.07, 6.45) is 0.232. The number of rotatable bonds is 5. The van der Waals surface area contributed by atoms with Crippen LogP contribution in [-0.2, 0) is 15.1 Å². The van der Waals surface area contributed by atoms with Gasteiger partial charge in [0, 0.05) is 18.4 Å². The van der Waals surface area contributed by atoms with Gasteiger partial charge in [0.1, 0.15) is 13.2 Å². The van der Waals surface area contributed by atoms with Crippen LogP contribution in [0.3, 0.4) is 0 Å². The van der Waals surface area contributed by atoms with E-state index in [-0.39, 0.29) is 18.2 Å². The standard InChI is InChI=1S/C19H28N2O4/c1-18(2,3)17(23)20-9-8-16(22)21-19(4,5)13-6-7-14-15(12-13)25-11-10-24-14/h6-7,12H,8-11H2,1-5H3,(H,20,23)(H,21,22). The lowest BCUT2D eigenvalue weighted by Crippen LogP contribution is -2.43. The maximum absolute atomic E-state index is 12.2. The van der Waals surface area contributed by atoms with Gasteiger partial charge in [0.2, 0.25) is 11.8 Å². The Bertz CT molecular complexity index is 647. The molecule has 1 aromatic carbocycles. The minimum absolute atomic E-state index is 0.0635. The average molecular weight is 348 g/mol. The van der Waals surface area contributed by atoms with E-state index in [2.05, 4.69) is 10.6 Å². The third-order valence-corrected chi connectivity index (χ3v) is 4.03. The van der Waals surface area contributed by atoms with Crippen LogP contribution in [0.5, 0.6) is 11.5 Å². The van der Waals surface area contributed by atoms with Gasteiger partial charge >= 0.3 is 0 Å². The van der Waals surface area contributed by atoms with Gasteiger partial charge in [0.05, 0.1) is 5.54 Å². The van der Waals surface area contributed by atoms with E-state index < -0.39 is 11.0 Å². The van der Waals surface area contributed by atoms with Crippen molar-refractivity contribution in [1.29, 1.82) is 0 Å². The highest BCUT2D eigenvalue weighted by atomic mass is 16.6. The van der Waals surface area contributed by atoms with Gasteiger partial charge in [0.25, 0.3) is 0 Å². The van der Waals surface area contributed by atoms with Crippen molar-refractivity contribution in [2.45, 2.75) is 46.6 Å².